The van der Waals surface area contributed by atoms with Crippen molar-refractivity contribution in [1.29, 1.82) is 0 Å². The molecule has 0 aromatic heterocycles. The molecule has 2 aromatic rings. The van der Waals surface area contributed by atoms with E-state index in [-0.39, 0.29) is 5.91 Å². The zero-order valence-corrected chi connectivity index (χ0v) is 16.7. The number of amides is 1. The van der Waals surface area contributed by atoms with Gasteiger partial charge in [0.25, 0.3) is 0 Å². The summed E-state index contributed by atoms with van der Waals surface area (Å²) in [5, 5.41) is 2.98. The molecule has 1 atom stereocenters. The Balaban J connectivity index is 1.52. The molecular formula is C21H25BrN2O2. The van der Waals surface area contributed by atoms with E-state index in [0.29, 0.717) is 12.5 Å². The van der Waals surface area contributed by atoms with E-state index >= 15 is 0 Å². The summed E-state index contributed by atoms with van der Waals surface area (Å²) in [5.74, 6) is 0.0333. The molecule has 0 spiro atoms. The molecular weight excluding hydrogens is 392 g/mol. The Morgan fingerprint density at radius 2 is 2.00 bits per heavy atom. The van der Waals surface area contributed by atoms with Gasteiger partial charge < -0.3 is 15.0 Å². The summed E-state index contributed by atoms with van der Waals surface area (Å²) in [6.07, 6.45) is 3.76. The SMILES string of the molecule is COC1CCCN(c2ccc(NC(=O)CCc3ccccc3Br)cc2)C1. The molecule has 1 aliphatic rings. The number of nitrogens with one attached hydrogen (secondary N) is 1. The van der Waals surface area contributed by atoms with Gasteiger partial charge in [0, 0.05) is 42.5 Å². The van der Waals surface area contributed by atoms with Crippen molar-refractivity contribution in [2.45, 2.75) is 31.8 Å². The number of piperidine rings is 1. The fourth-order valence-electron chi connectivity index (χ4n) is 3.29. The highest BCUT2D eigenvalue weighted by Gasteiger charge is 2.19. The molecule has 4 nitrogen and oxygen atoms in total. The first-order valence-corrected chi connectivity index (χ1v) is 9.86. The van der Waals surface area contributed by atoms with E-state index in [1.165, 1.54) is 5.69 Å². The number of hydrogen-bond acceptors (Lipinski definition) is 3. The van der Waals surface area contributed by atoms with Gasteiger partial charge >= 0.3 is 0 Å². The molecule has 138 valence electrons. The van der Waals surface area contributed by atoms with Crippen molar-refractivity contribution in [2.75, 3.05) is 30.4 Å². The van der Waals surface area contributed by atoms with Crippen LogP contribution in [0.5, 0.6) is 0 Å². The zero-order valence-electron chi connectivity index (χ0n) is 15.1. The molecule has 0 bridgehead atoms. The van der Waals surface area contributed by atoms with Gasteiger partial charge in [-0.15, -0.1) is 0 Å². The van der Waals surface area contributed by atoms with Gasteiger partial charge in [-0.1, -0.05) is 34.1 Å². The van der Waals surface area contributed by atoms with Crippen LogP contribution in [0.15, 0.2) is 53.0 Å². The Labute approximate surface area is 163 Å². The fourth-order valence-corrected chi connectivity index (χ4v) is 3.78. The number of anilines is 2. The Hall–Kier alpha value is -1.85. The van der Waals surface area contributed by atoms with E-state index in [1.54, 1.807) is 7.11 Å². The second-order valence-corrected chi connectivity index (χ2v) is 7.49. The lowest BCUT2D eigenvalue weighted by Gasteiger charge is -2.33. The quantitative estimate of drug-likeness (QED) is 0.745. The largest absolute Gasteiger partial charge is 0.380 e. The minimum absolute atomic E-state index is 0.0333. The molecule has 0 aliphatic carbocycles. The summed E-state index contributed by atoms with van der Waals surface area (Å²) >= 11 is 3.52. The predicted octanol–water partition coefficient (Wildman–Crippen LogP) is 4.64. The van der Waals surface area contributed by atoms with Crippen LogP contribution in [-0.4, -0.2) is 32.2 Å². The van der Waals surface area contributed by atoms with E-state index in [1.807, 2.05) is 36.4 Å². The summed E-state index contributed by atoms with van der Waals surface area (Å²) in [6.45, 7) is 1.98. The molecule has 1 fully saturated rings. The van der Waals surface area contributed by atoms with Gasteiger partial charge in [0.15, 0.2) is 0 Å². The third-order valence-corrected chi connectivity index (χ3v) is 5.58. The maximum atomic E-state index is 12.2. The molecule has 3 rings (SSSR count). The lowest BCUT2D eigenvalue weighted by Crippen LogP contribution is -2.39. The molecule has 1 amide bonds. The molecule has 26 heavy (non-hydrogen) atoms. The minimum Gasteiger partial charge on any atom is -0.380 e. The number of ether oxygens (including phenoxy) is 1. The third kappa shape index (κ3) is 5.08. The Kier molecular flexibility index (Phi) is 6.69. The van der Waals surface area contributed by atoms with E-state index in [9.17, 15) is 4.79 Å². The lowest BCUT2D eigenvalue weighted by molar-refractivity contribution is -0.116. The van der Waals surface area contributed by atoms with Crippen LogP contribution >= 0.6 is 15.9 Å². The summed E-state index contributed by atoms with van der Waals surface area (Å²) in [6, 6.07) is 16.1. The maximum absolute atomic E-state index is 12.2. The van der Waals surface area contributed by atoms with Crippen molar-refractivity contribution in [3.8, 4) is 0 Å². The van der Waals surface area contributed by atoms with Crippen LogP contribution < -0.4 is 10.2 Å². The van der Waals surface area contributed by atoms with Crippen LogP contribution in [0.1, 0.15) is 24.8 Å². The molecule has 1 aliphatic heterocycles. The van der Waals surface area contributed by atoms with E-state index in [0.717, 1.165) is 48.1 Å². The standard InChI is InChI=1S/C21H25BrN2O2/c1-26-19-6-4-14-24(15-19)18-11-9-17(10-12-18)23-21(25)13-8-16-5-2-3-7-20(16)22/h2-3,5,7,9-12,19H,4,6,8,13-15H2,1H3,(H,23,25). The molecule has 0 saturated carbocycles. The van der Waals surface area contributed by atoms with Gasteiger partial charge in [-0.05, 0) is 55.2 Å². The van der Waals surface area contributed by atoms with Gasteiger partial charge in [-0.3, -0.25) is 4.79 Å². The molecule has 1 N–H and O–H groups in total. The van der Waals surface area contributed by atoms with Crippen molar-refractivity contribution in [3.05, 3.63) is 58.6 Å². The maximum Gasteiger partial charge on any atom is 0.224 e. The number of benzene rings is 2. The Morgan fingerprint density at radius 1 is 1.23 bits per heavy atom. The molecule has 5 heteroatoms. The lowest BCUT2D eigenvalue weighted by atomic mass is 10.1. The van der Waals surface area contributed by atoms with Crippen LogP contribution in [0, 0.1) is 0 Å². The first-order valence-electron chi connectivity index (χ1n) is 9.07. The van der Waals surface area contributed by atoms with Crippen molar-refractivity contribution >= 4 is 33.2 Å². The summed E-state index contributed by atoms with van der Waals surface area (Å²) < 4.78 is 6.54. The van der Waals surface area contributed by atoms with Crippen LogP contribution in [0.2, 0.25) is 0 Å². The molecule has 1 unspecified atom stereocenters. The predicted molar refractivity (Wildman–Crippen MR) is 110 cm³/mol. The fraction of sp³-hybridized carbons (Fsp3) is 0.381. The highest BCUT2D eigenvalue weighted by molar-refractivity contribution is 9.10. The number of nitrogens with zero attached hydrogens (tertiary/aromatic N) is 1. The zero-order chi connectivity index (χ0) is 18.4. The first kappa shape index (κ1) is 18.9. The second-order valence-electron chi connectivity index (χ2n) is 6.63. The average Bonchev–Trinajstić information content (AvgIpc) is 2.68. The number of carbonyl (C=O) groups excluding carboxylic acids is 1. The number of hydrogen-bond donors (Lipinski definition) is 1. The van der Waals surface area contributed by atoms with Crippen LogP contribution in [0.4, 0.5) is 11.4 Å². The summed E-state index contributed by atoms with van der Waals surface area (Å²) in [5.41, 5.74) is 3.17. The van der Waals surface area contributed by atoms with E-state index in [4.69, 9.17) is 4.74 Å². The van der Waals surface area contributed by atoms with Gasteiger partial charge in [-0.2, -0.15) is 0 Å². The van der Waals surface area contributed by atoms with Gasteiger partial charge in [0.2, 0.25) is 5.91 Å². The Bertz CT molecular complexity index is 733. The van der Waals surface area contributed by atoms with Gasteiger partial charge in [0.05, 0.1) is 6.10 Å². The molecule has 0 radical (unpaired) electrons. The van der Waals surface area contributed by atoms with Crippen LogP contribution in [-0.2, 0) is 16.0 Å². The molecule has 1 saturated heterocycles. The van der Waals surface area contributed by atoms with Crippen molar-refractivity contribution in [3.63, 3.8) is 0 Å². The monoisotopic (exact) mass is 416 g/mol. The highest BCUT2D eigenvalue weighted by atomic mass is 79.9. The third-order valence-electron chi connectivity index (χ3n) is 4.81. The number of halogens is 1. The first-order chi connectivity index (χ1) is 12.7. The van der Waals surface area contributed by atoms with E-state index < -0.39 is 0 Å². The van der Waals surface area contributed by atoms with Crippen molar-refractivity contribution in [2.24, 2.45) is 0 Å². The van der Waals surface area contributed by atoms with Crippen molar-refractivity contribution < 1.29 is 9.53 Å². The van der Waals surface area contributed by atoms with Gasteiger partial charge in [-0.25, -0.2) is 0 Å². The van der Waals surface area contributed by atoms with E-state index in [2.05, 4.69) is 38.3 Å². The second kappa shape index (κ2) is 9.19. The summed E-state index contributed by atoms with van der Waals surface area (Å²) in [7, 11) is 1.78. The number of aryl methyl sites for hydroxylation is 1. The smallest absolute Gasteiger partial charge is 0.224 e. The van der Waals surface area contributed by atoms with Crippen LogP contribution in [0.25, 0.3) is 0 Å². The Morgan fingerprint density at radius 3 is 2.73 bits per heavy atom. The van der Waals surface area contributed by atoms with Gasteiger partial charge in [0.1, 0.15) is 0 Å². The molecule has 1 heterocycles. The number of rotatable bonds is 6. The minimum atomic E-state index is 0.0333. The van der Waals surface area contributed by atoms with Crippen LogP contribution in [0.3, 0.4) is 0 Å². The number of methoxy groups -OCH3 is 1. The average molecular weight is 417 g/mol. The summed E-state index contributed by atoms with van der Waals surface area (Å²) in [4.78, 5) is 14.6. The molecule has 2 aromatic carbocycles. The van der Waals surface area contributed by atoms with Crippen molar-refractivity contribution in [1.82, 2.24) is 0 Å². The number of carbonyl (C=O) groups is 1. The highest BCUT2D eigenvalue weighted by Crippen LogP contribution is 2.23. The topological polar surface area (TPSA) is 41.6 Å². The normalized spacial score (nSPS) is 17.2.